The minimum Gasteiger partial charge on any atom is -0.478 e. The first-order chi connectivity index (χ1) is 10.0. The molecule has 0 aromatic heterocycles. The quantitative estimate of drug-likeness (QED) is 0.774. The molecule has 0 spiro atoms. The van der Waals surface area contributed by atoms with Crippen LogP contribution in [-0.4, -0.2) is 17.0 Å². The molecule has 2 rings (SSSR count). The number of carbonyl (C=O) groups is 2. The van der Waals surface area contributed by atoms with E-state index in [4.69, 9.17) is 0 Å². The largest absolute Gasteiger partial charge is 0.478 e. The number of carbonyl (C=O) groups excluding carboxylic acids is 1. The fourth-order valence-electron chi connectivity index (χ4n) is 1.89. The minimum absolute atomic E-state index is 0.0837. The molecule has 0 radical (unpaired) electrons. The maximum absolute atomic E-state index is 12.2. The number of aromatic carboxylic acids is 1. The molecule has 4 nitrogen and oxygen atoms in total. The Hall–Kier alpha value is -1.89. The zero-order valence-corrected chi connectivity index (χ0v) is 13.5. The van der Waals surface area contributed by atoms with Crippen molar-refractivity contribution in [3.05, 3.63) is 62.7 Å². The van der Waals surface area contributed by atoms with Gasteiger partial charge in [-0.15, -0.1) is 0 Å². The first kappa shape index (κ1) is 15.5. The Balaban J connectivity index is 2.24. The van der Waals surface area contributed by atoms with E-state index in [1.54, 1.807) is 24.3 Å². The number of carboxylic acid groups (broad SMARTS) is 1. The number of anilines is 1. The van der Waals surface area contributed by atoms with Crippen LogP contribution in [0.1, 0.15) is 33.2 Å². The fourth-order valence-corrected chi connectivity index (χ4v) is 2.38. The molecule has 0 bridgehead atoms. The van der Waals surface area contributed by atoms with Crippen molar-refractivity contribution in [3.8, 4) is 0 Å². The first-order valence-electron chi connectivity index (χ1n) is 6.44. The SMILES string of the molecule is CCc1ccc(C(=O)Nc2ccc(I)cc2C(=O)O)cc1. The van der Waals surface area contributed by atoms with Gasteiger partial charge in [-0.2, -0.15) is 0 Å². The third-order valence-corrected chi connectivity index (χ3v) is 3.76. The second kappa shape index (κ2) is 6.71. The number of amides is 1. The number of halogens is 1. The van der Waals surface area contributed by atoms with Crippen LogP contribution in [0.15, 0.2) is 42.5 Å². The van der Waals surface area contributed by atoms with Crippen LogP contribution < -0.4 is 5.32 Å². The molecule has 21 heavy (non-hydrogen) atoms. The summed E-state index contributed by atoms with van der Waals surface area (Å²) in [5.41, 5.74) is 2.03. The van der Waals surface area contributed by atoms with Crippen molar-refractivity contribution in [1.82, 2.24) is 0 Å². The number of nitrogens with one attached hydrogen (secondary N) is 1. The Morgan fingerprint density at radius 1 is 1.14 bits per heavy atom. The van der Waals surface area contributed by atoms with Gasteiger partial charge in [0.25, 0.3) is 5.91 Å². The van der Waals surface area contributed by atoms with E-state index in [2.05, 4.69) is 5.32 Å². The van der Waals surface area contributed by atoms with E-state index in [1.165, 1.54) is 6.07 Å². The molecule has 0 aliphatic rings. The molecule has 5 heteroatoms. The molecule has 0 saturated heterocycles. The fraction of sp³-hybridized carbons (Fsp3) is 0.125. The van der Waals surface area contributed by atoms with Crippen molar-refractivity contribution < 1.29 is 14.7 Å². The number of rotatable bonds is 4. The standard InChI is InChI=1S/C16H14INO3/c1-2-10-3-5-11(6-4-10)15(19)18-14-8-7-12(17)9-13(14)16(20)21/h3-9H,2H2,1H3,(H,18,19)(H,20,21). The van der Waals surface area contributed by atoms with Crippen LogP contribution in [0.25, 0.3) is 0 Å². The molecule has 2 aromatic carbocycles. The summed E-state index contributed by atoms with van der Waals surface area (Å²) in [6, 6.07) is 12.1. The number of hydrogen-bond acceptors (Lipinski definition) is 2. The van der Waals surface area contributed by atoms with Gasteiger partial charge in [-0.3, -0.25) is 4.79 Å². The zero-order valence-electron chi connectivity index (χ0n) is 11.4. The lowest BCUT2D eigenvalue weighted by Crippen LogP contribution is -2.15. The van der Waals surface area contributed by atoms with E-state index < -0.39 is 5.97 Å². The summed E-state index contributed by atoms with van der Waals surface area (Å²) in [5.74, 6) is -1.38. The van der Waals surface area contributed by atoms with Crippen molar-refractivity contribution >= 4 is 40.2 Å². The molecule has 2 aromatic rings. The molecule has 0 unspecified atom stereocenters. The third kappa shape index (κ3) is 3.81. The molecule has 0 heterocycles. The summed E-state index contributed by atoms with van der Waals surface area (Å²) in [5, 5.41) is 11.8. The summed E-state index contributed by atoms with van der Waals surface area (Å²) in [7, 11) is 0. The monoisotopic (exact) mass is 395 g/mol. The lowest BCUT2D eigenvalue weighted by atomic mass is 10.1. The third-order valence-electron chi connectivity index (χ3n) is 3.08. The highest BCUT2D eigenvalue weighted by atomic mass is 127. The van der Waals surface area contributed by atoms with Crippen LogP contribution >= 0.6 is 22.6 Å². The Morgan fingerprint density at radius 3 is 2.38 bits per heavy atom. The van der Waals surface area contributed by atoms with Crippen molar-refractivity contribution in [1.29, 1.82) is 0 Å². The Kier molecular flexibility index (Phi) is 4.95. The van der Waals surface area contributed by atoms with Gasteiger partial charge < -0.3 is 10.4 Å². The highest BCUT2D eigenvalue weighted by Crippen LogP contribution is 2.20. The minimum atomic E-state index is -1.06. The van der Waals surface area contributed by atoms with Crippen LogP contribution in [0, 0.1) is 3.57 Å². The summed E-state index contributed by atoms with van der Waals surface area (Å²) in [6.07, 6.45) is 0.905. The molecular formula is C16H14INO3. The lowest BCUT2D eigenvalue weighted by Gasteiger charge is -2.09. The van der Waals surface area contributed by atoms with Crippen molar-refractivity contribution in [2.24, 2.45) is 0 Å². The average Bonchev–Trinajstić information content (AvgIpc) is 2.49. The maximum atomic E-state index is 12.2. The smallest absolute Gasteiger partial charge is 0.337 e. The highest BCUT2D eigenvalue weighted by molar-refractivity contribution is 14.1. The average molecular weight is 395 g/mol. The van der Waals surface area contributed by atoms with Crippen LogP contribution in [0.5, 0.6) is 0 Å². The molecule has 2 N–H and O–H groups in total. The second-order valence-electron chi connectivity index (χ2n) is 4.50. The van der Waals surface area contributed by atoms with Gasteiger partial charge in [0, 0.05) is 9.13 Å². The predicted molar refractivity (Wildman–Crippen MR) is 89.9 cm³/mol. The Labute approximate surface area is 136 Å². The number of hydrogen-bond donors (Lipinski definition) is 2. The second-order valence-corrected chi connectivity index (χ2v) is 5.75. The highest BCUT2D eigenvalue weighted by Gasteiger charge is 2.14. The first-order valence-corrected chi connectivity index (χ1v) is 7.52. The van der Waals surface area contributed by atoms with E-state index in [0.717, 1.165) is 15.6 Å². The van der Waals surface area contributed by atoms with E-state index in [-0.39, 0.29) is 11.5 Å². The van der Waals surface area contributed by atoms with E-state index in [9.17, 15) is 14.7 Å². The van der Waals surface area contributed by atoms with E-state index in [0.29, 0.717) is 11.3 Å². The van der Waals surface area contributed by atoms with Crippen LogP contribution in [-0.2, 0) is 6.42 Å². The van der Waals surface area contributed by atoms with Crippen molar-refractivity contribution in [2.75, 3.05) is 5.32 Å². The van der Waals surface area contributed by atoms with Crippen LogP contribution in [0.4, 0.5) is 5.69 Å². The topological polar surface area (TPSA) is 66.4 Å². The van der Waals surface area contributed by atoms with Crippen molar-refractivity contribution in [3.63, 3.8) is 0 Å². The zero-order chi connectivity index (χ0) is 15.4. The molecule has 0 aliphatic heterocycles. The van der Waals surface area contributed by atoms with Crippen LogP contribution in [0.2, 0.25) is 0 Å². The molecule has 0 saturated carbocycles. The lowest BCUT2D eigenvalue weighted by molar-refractivity contribution is 0.0698. The van der Waals surface area contributed by atoms with Gasteiger partial charge in [0.2, 0.25) is 0 Å². The predicted octanol–water partition coefficient (Wildman–Crippen LogP) is 3.80. The van der Waals surface area contributed by atoms with Gasteiger partial charge in [-0.05, 0) is 64.9 Å². The summed E-state index contributed by atoms with van der Waals surface area (Å²) >= 11 is 2.03. The van der Waals surface area contributed by atoms with Gasteiger partial charge in [0.15, 0.2) is 0 Å². The Morgan fingerprint density at radius 2 is 1.81 bits per heavy atom. The summed E-state index contributed by atoms with van der Waals surface area (Å²) in [6.45, 7) is 2.04. The molecule has 1 amide bonds. The molecule has 0 aliphatic carbocycles. The molecule has 0 fully saturated rings. The molecule has 108 valence electrons. The number of benzene rings is 2. The van der Waals surface area contributed by atoms with Gasteiger partial charge in [0.05, 0.1) is 11.3 Å². The van der Waals surface area contributed by atoms with Gasteiger partial charge in [-0.1, -0.05) is 19.1 Å². The Bertz CT molecular complexity index is 680. The summed E-state index contributed by atoms with van der Waals surface area (Å²) < 4.78 is 0.801. The molecule has 0 atom stereocenters. The maximum Gasteiger partial charge on any atom is 0.337 e. The van der Waals surface area contributed by atoms with Gasteiger partial charge in [-0.25, -0.2) is 4.79 Å². The van der Waals surface area contributed by atoms with E-state index in [1.807, 2.05) is 41.6 Å². The van der Waals surface area contributed by atoms with Crippen LogP contribution in [0.3, 0.4) is 0 Å². The normalized spacial score (nSPS) is 10.2. The molecular weight excluding hydrogens is 381 g/mol. The number of carboxylic acids is 1. The summed E-state index contributed by atoms with van der Waals surface area (Å²) in [4.78, 5) is 23.4. The van der Waals surface area contributed by atoms with Gasteiger partial charge in [0.1, 0.15) is 0 Å². The number of aryl methyl sites for hydroxylation is 1. The van der Waals surface area contributed by atoms with Gasteiger partial charge >= 0.3 is 5.97 Å². The van der Waals surface area contributed by atoms with Crippen molar-refractivity contribution in [2.45, 2.75) is 13.3 Å². The van der Waals surface area contributed by atoms with E-state index >= 15 is 0 Å².